The van der Waals surface area contributed by atoms with Gasteiger partial charge in [0.1, 0.15) is 21.1 Å². The van der Waals surface area contributed by atoms with E-state index in [-0.39, 0.29) is 45.2 Å². The number of carbonyl (C=O) groups excluding carboxylic acids is 2. The Morgan fingerprint density at radius 3 is 1.73 bits per heavy atom. The average Bonchev–Trinajstić information content (AvgIpc) is 3.21. The van der Waals surface area contributed by atoms with Gasteiger partial charge in [0.05, 0.1) is 11.0 Å². The molecule has 0 saturated carbocycles. The Hall–Kier alpha value is -5.87. The van der Waals surface area contributed by atoms with Crippen molar-refractivity contribution in [3.8, 4) is 22.5 Å². The largest absolute Gasteiger partial charge is 0.456 e. The molecule has 0 saturated heterocycles. The molecule has 13 nitrogen and oxygen atoms in total. The minimum Gasteiger partial charge on any atom is -0.456 e. The second kappa shape index (κ2) is 17.3. The predicted octanol–water partition coefficient (Wildman–Crippen LogP) is 11.3. The summed E-state index contributed by atoms with van der Waals surface area (Å²) >= 11 is 0. The maximum Gasteiger partial charge on any atom is 0.296 e. The lowest BCUT2D eigenvalue weighted by Crippen LogP contribution is -2.30. The van der Waals surface area contributed by atoms with E-state index in [1.807, 2.05) is 81.4 Å². The summed E-state index contributed by atoms with van der Waals surface area (Å²) in [6.45, 7) is 22.6. The lowest BCUT2D eigenvalue weighted by Gasteiger charge is -2.25. The molecule has 4 aromatic carbocycles. The summed E-state index contributed by atoms with van der Waals surface area (Å²) in [6.07, 6.45) is 1.24. The van der Waals surface area contributed by atoms with Gasteiger partial charge in [0.15, 0.2) is 0 Å². The highest BCUT2D eigenvalue weighted by Gasteiger charge is 2.30. The molecule has 64 heavy (non-hydrogen) atoms. The molecule has 0 bridgehead atoms. The van der Waals surface area contributed by atoms with Crippen LogP contribution in [0.25, 0.3) is 33.4 Å². The molecular formula is C49H56N4O9S2. The number of nitrogens with zero attached hydrogens (tertiary/aromatic N) is 1. The summed E-state index contributed by atoms with van der Waals surface area (Å²) in [4.78, 5) is 30.4. The molecule has 4 aromatic rings. The second-order valence-corrected chi connectivity index (χ2v) is 20.6. The zero-order chi connectivity index (χ0) is 47.4. The highest BCUT2D eigenvalue weighted by Crippen LogP contribution is 2.45. The first-order valence-corrected chi connectivity index (χ1v) is 23.8. The smallest absolute Gasteiger partial charge is 0.296 e. The Kier molecular flexibility index (Phi) is 12.8. The molecule has 1 aliphatic carbocycles. The molecule has 1 aliphatic heterocycles. The SMILES string of the molecule is CCC(C)(C)C(=O)Nc1c(C)cc(C)c(/N=c2\cc3oc4cc(Nc5c(C)cc(C)c(NC(=O)C(C)(C)CC)c5C)ccc4c(-c4ccccc4S(=O)(=O)O)c-3cc2S(=O)(=O)O)c1C. The summed E-state index contributed by atoms with van der Waals surface area (Å²) in [7, 11) is -9.82. The Morgan fingerprint density at radius 2 is 1.17 bits per heavy atom. The number of benzene rings is 5. The molecule has 0 fully saturated rings. The molecule has 0 spiro atoms. The highest BCUT2D eigenvalue weighted by molar-refractivity contribution is 7.86. The monoisotopic (exact) mass is 908 g/mol. The van der Waals surface area contributed by atoms with Gasteiger partial charge >= 0.3 is 0 Å². The van der Waals surface area contributed by atoms with Crippen molar-refractivity contribution in [1.29, 1.82) is 0 Å². The summed E-state index contributed by atoms with van der Waals surface area (Å²) in [6, 6.07) is 17.2. The Labute approximate surface area is 375 Å². The topological polar surface area (TPSA) is 204 Å². The standard InChI is InChI=1S/C49H56N4O9S2/c1-13-48(9,10)46(54)52-44-28(5)21-26(3)42(30(44)7)50-32-19-20-33-37(23-32)62-38-25-36(51-43-27(4)22-29(6)45(31(43)8)53-47(55)49(11,12)14-2)40(64(59,60)61)24-35(38)41(33)34-17-15-16-18-39(34)63(56,57)58/h15-25,50H,13-14H2,1-12H3,(H,52,54)(H,53,55)(H,56,57,58)(H,59,60,61)/b51-36+. The van der Waals surface area contributed by atoms with Crippen LogP contribution in [0.1, 0.15) is 87.8 Å². The summed E-state index contributed by atoms with van der Waals surface area (Å²) in [5, 5.41) is 9.81. The van der Waals surface area contributed by atoms with E-state index < -0.39 is 40.9 Å². The van der Waals surface area contributed by atoms with Crippen molar-refractivity contribution in [3.05, 3.63) is 105 Å². The van der Waals surface area contributed by atoms with E-state index in [1.54, 1.807) is 38.1 Å². The molecule has 15 heteroatoms. The maximum atomic E-state index is 13.3. The number of carbonyl (C=O) groups is 2. The van der Waals surface area contributed by atoms with Crippen LogP contribution in [0.15, 0.2) is 85.9 Å². The van der Waals surface area contributed by atoms with Crippen molar-refractivity contribution in [2.24, 2.45) is 15.8 Å². The molecule has 0 radical (unpaired) electrons. The third-order valence-corrected chi connectivity index (χ3v) is 14.2. The van der Waals surface area contributed by atoms with Crippen molar-refractivity contribution in [2.75, 3.05) is 16.0 Å². The fraction of sp³-hybridized carbons (Fsp3) is 0.327. The van der Waals surface area contributed by atoms with Crippen LogP contribution in [0, 0.1) is 52.4 Å². The van der Waals surface area contributed by atoms with Gasteiger partial charge in [0, 0.05) is 67.8 Å². The lowest BCUT2D eigenvalue weighted by molar-refractivity contribution is -0.124. The minimum atomic E-state index is -5.00. The van der Waals surface area contributed by atoms with E-state index in [4.69, 9.17) is 9.41 Å². The number of anilines is 4. The average molecular weight is 909 g/mol. The van der Waals surface area contributed by atoms with Gasteiger partial charge in [-0.25, -0.2) is 4.99 Å². The van der Waals surface area contributed by atoms with E-state index in [0.29, 0.717) is 52.1 Å². The molecule has 6 rings (SSSR count). The number of hydrogen-bond donors (Lipinski definition) is 5. The fourth-order valence-electron chi connectivity index (χ4n) is 7.73. The minimum absolute atomic E-state index is 0.0451. The number of rotatable bonds is 12. The van der Waals surface area contributed by atoms with Crippen LogP contribution in [0.2, 0.25) is 0 Å². The Bertz CT molecular complexity index is 3170. The zero-order valence-corrected chi connectivity index (χ0v) is 39.9. The van der Waals surface area contributed by atoms with Gasteiger partial charge in [-0.15, -0.1) is 0 Å². The fourth-order valence-corrected chi connectivity index (χ4v) is 9.06. The molecule has 2 amide bonds. The van der Waals surface area contributed by atoms with Crippen molar-refractivity contribution in [3.63, 3.8) is 0 Å². The van der Waals surface area contributed by atoms with Gasteiger partial charge in [-0.1, -0.05) is 71.9 Å². The second-order valence-electron chi connectivity index (χ2n) is 17.8. The van der Waals surface area contributed by atoms with Crippen LogP contribution in [0.4, 0.5) is 28.4 Å². The van der Waals surface area contributed by atoms with Crippen molar-refractivity contribution >= 4 is 71.5 Å². The van der Waals surface area contributed by atoms with Crippen molar-refractivity contribution < 1.29 is 39.9 Å². The van der Waals surface area contributed by atoms with E-state index in [1.165, 1.54) is 30.3 Å². The molecule has 0 unspecified atom stereocenters. The molecule has 5 N–H and O–H groups in total. The van der Waals surface area contributed by atoms with E-state index in [2.05, 4.69) is 16.0 Å². The van der Waals surface area contributed by atoms with Crippen molar-refractivity contribution in [2.45, 2.75) is 106 Å². The number of nitrogens with one attached hydrogen (secondary N) is 3. The van der Waals surface area contributed by atoms with Crippen LogP contribution in [-0.4, -0.2) is 37.8 Å². The van der Waals surface area contributed by atoms with Crippen LogP contribution in [0.3, 0.4) is 0 Å². The first-order valence-electron chi connectivity index (χ1n) is 20.9. The normalized spacial score (nSPS) is 12.8. The third kappa shape index (κ3) is 9.21. The van der Waals surface area contributed by atoms with Gasteiger partial charge < -0.3 is 20.4 Å². The number of aryl methyl sites for hydroxylation is 4. The van der Waals surface area contributed by atoms with Crippen LogP contribution in [0.5, 0.6) is 0 Å². The zero-order valence-electron chi connectivity index (χ0n) is 38.3. The first-order chi connectivity index (χ1) is 29.7. The molecule has 338 valence electrons. The van der Waals surface area contributed by atoms with Gasteiger partial charge in [-0.05, 0) is 112 Å². The third-order valence-electron chi connectivity index (χ3n) is 12.4. The molecular weight excluding hydrogens is 853 g/mol. The first kappa shape index (κ1) is 47.6. The molecule has 1 heterocycles. The van der Waals surface area contributed by atoms with E-state index in [9.17, 15) is 35.5 Å². The maximum absolute atomic E-state index is 13.3. The summed E-state index contributed by atoms with van der Waals surface area (Å²) < 4.78 is 80.1. The molecule has 0 atom stereocenters. The number of fused-ring (bicyclic) bond motifs is 2. The Morgan fingerprint density at radius 1 is 0.641 bits per heavy atom. The van der Waals surface area contributed by atoms with Gasteiger partial charge in [-0.2, -0.15) is 16.8 Å². The number of hydrogen-bond acceptors (Lipinski definition) is 9. The van der Waals surface area contributed by atoms with Crippen LogP contribution in [-0.2, 0) is 29.8 Å². The van der Waals surface area contributed by atoms with Gasteiger partial charge in [-0.3, -0.25) is 18.7 Å². The predicted molar refractivity (Wildman–Crippen MR) is 253 cm³/mol. The lowest BCUT2D eigenvalue weighted by atomic mass is 9.88. The van der Waals surface area contributed by atoms with Crippen LogP contribution >= 0.6 is 0 Å². The van der Waals surface area contributed by atoms with Crippen molar-refractivity contribution in [1.82, 2.24) is 0 Å². The molecule has 0 aromatic heterocycles. The summed E-state index contributed by atoms with van der Waals surface area (Å²) in [5.41, 5.74) is 6.78. The van der Waals surface area contributed by atoms with E-state index in [0.717, 1.165) is 27.9 Å². The van der Waals surface area contributed by atoms with Gasteiger partial charge in [0.25, 0.3) is 20.2 Å². The van der Waals surface area contributed by atoms with E-state index >= 15 is 0 Å². The quantitative estimate of drug-likeness (QED) is 0.0580. The highest BCUT2D eigenvalue weighted by atomic mass is 32.2. The van der Waals surface area contributed by atoms with Gasteiger partial charge in [0.2, 0.25) is 11.8 Å². The van der Waals surface area contributed by atoms with Crippen LogP contribution < -0.4 is 21.3 Å². The Balaban J connectivity index is 1.64. The molecule has 2 aliphatic rings. The number of amides is 2. The summed E-state index contributed by atoms with van der Waals surface area (Å²) in [5.74, 6) is -0.236.